The number of nitrogens with two attached hydrogens (primary N) is 1. The van der Waals surface area contributed by atoms with E-state index in [0.29, 0.717) is 13.0 Å². The van der Waals surface area contributed by atoms with E-state index in [4.69, 9.17) is 5.73 Å². The molecule has 110 valence electrons. The molecular formula is C14H19Cl2N3O. The molecule has 0 spiro atoms. The Bertz CT molecular complexity index is 558. The maximum absolute atomic E-state index is 11.6. The zero-order valence-corrected chi connectivity index (χ0v) is 12.8. The molecule has 4 nitrogen and oxygen atoms in total. The highest BCUT2D eigenvalue weighted by Gasteiger charge is 2.10. The zero-order chi connectivity index (χ0) is 13.0. The van der Waals surface area contributed by atoms with Crippen LogP contribution in [0.4, 0.5) is 0 Å². The van der Waals surface area contributed by atoms with Gasteiger partial charge in [0.05, 0.1) is 11.6 Å². The molecule has 20 heavy (non-hydrogen) atoms. The van der Waals surface area contributed by atoms with Crippen molar-refractivity contribution in [3.8, 4) is 0 Å². The van der Waals surface area contributed by atoms with Crippen molar-refractivity contribution in [1.82, 2.24) is 10.3 Å². The van der Waals surface area contributed by atoms with Crippen LogP contribution in [0, 0.1) is 0 Å². The van der Waals surface area contributed by atoms with Crippen molar-refractivity contribution in [2.45, 2.75) is 25.9 Å². The lowest BCUT2D eigenvalue weighted by atomic mass is 10.1. The van der Waals surface area contributed by atoms with Crippen molar-refractivity contribution in [2.24, 2.45) is 5.73 Å². The second kappa shape index (κ2) is 8.74. The van der Waals surface area contributed by atoms with Crippen LogP contribution in [0.2, 0.25) is 0 Å². The maximum atomic E-state index is 11.6. The van der Waals surface area contributed by atoms with Gasteiger partial charge in [0, 0.05) is 18.1 Å². The van der Waals surface area contributed by atoms with Gasteiger partial charge < -0.3 is 11.1 Å². The molecule has 6 heteroatoms. The fourth-order valence-electron chi connectivity index (χ4n) is 1.81. The summed E-state index contributed by atoms with van der Waals surface area (Å²) < 4.78 is 0. The molecule has 0 saturated carbocycles. The number of hydrogen-bond donors (Lipinski definition) is 2. The van der Waals surface area contributed by atoms with Gasteiger partial charge in [-0.2, -0.15) is 0 Å². The van der Waals surface area contributed by atoms with Gasteiger partial charge >= 0.3 is 0 Å². The molecule has 1 atom stereocenters. The molecular weight excluding hydrogens is 297 g/mol. The van der Waals surface area contributed by atoms with E-state index in [1.54, 1.807) is 6.20 Å². The third-order valence-electron chi connectivity index (χ3n) is 2.95. The Kier molecular flexibility index (Phi) is 8.15. The number of nitrogens with one attached hydrogen (secondary N) is 1. The Balaban J connectivity index is 0.00000180. The first-order valence-corrected chi connectivity index (χ1v) is 6.08. The van der Waals surface area contributed by atoms with Crippen LogP contribution in [0.5, 0.6) is 0 Å². The molecule has 3 N–H and O–H groups in total. The number of hydrogen-bond acceptors (Lipinski definition) is 3. The topological polar surface area (TPSA) is 68.0 Å². The summed E-state index contributed by atoms with van der Waals surface area (Å²) in [6, 6.07) is 9.40. The van der Waals surface area contributed by atoms with E-state index in [0.717, 1.165) is 16.5 Å². The first-order chi connectivity index (χ1) is 8.72. The molecule has 1 amide bonds. The van der Waals surface area contributed by atoms with Gasteiger partial charge in [0.25, 0.3) is 0 Å². The fraction of sp³-hybridized carbons (Fsp3) is 0.286. The molecule has 0 unspecified atom stereocenters. The average molecular weight is 316 g/mol. The van der Waals surface area contributed by atoms with Crippen LogP contribution >= 0.6 is 24.8 Å². The summed E-state index contributed by atoms with van der Waals surface area (Å²) in [6.45, 7) is 2.35. The van der Waals surface area contributed by atoms with Gasteiger partial charge in [0.2, 0.25) is 5.91 Å². The van der Waals surface area contributed by atoms with Crippen molar-refractivity contribution >= 4 is 41.6 Å². The summed E-state index contributed by atoms with van der Waals surface area (Å²) in [5.41, 5.74) is 7.59. The highest BCUT2D eigenvalue weighted by Crippen LogP contribution is 2.15. The largest absolute Gasteiger partial charge is 0.351 e. The number of benzene rings is 1. The van der Waals surface area contributed by atoms with Crippen molar-refractivity contribution in [3.63, 3.8) is 0 Å². The summed E-state index contributed by atoms with van der Waals surface area (Å²) >= 11 is 0. The predicted molar refractivity (Wildman–Crippen MR) is 86.4 cm³/mol. The van der Waals surface area contributed by atoms with Crippen LogP contribution in [0.1, 0.15) is 18.9 Å². The summed E-state index contributed by atoms with van der Waals surface area (Å²) in [6.07, 6.45) is 2.39. The number of pyridine rings is 1. The van der Waals surface area contributed by atoms with Gasteiger partial charge in [0.15, 0.2) is 0 Å². The molecule has 0 aliphatic carbocycles. The molecule has 2 rings (SSSR count). The lowest BCUT2D eigenvalue weighted by Gasteiger charge is -2.11. The maximum Gasteiger partial charge on any atom is 0.237 e. The average Bonchev–Trinajstić information content (AvgIpc) is 2.43. The van der Waals surface area contributed by atoms with Crippen LogP contribution in [-0.2, 0) is 11.3 Å². The quantitative estimate of drug-likeness (QED) is 0.910. The number of fused-ring (bicyclic) bond motifs is 1. The van der Waals surface area contributed by atoms with E-state index in [-0.39, 0.29) is 30.7 Å². The standard InChI is InChI=1S/C14H17N3O.2ClH/c1-2-12(15)14(18)17-9-11-6-3-5-10-7-4-8-16-13(10)11;;/h3-8,12H,2,9,15H2,1H3,(H,17,18);2*1H/t12-;;/m0../s1. The van der Waals surface area contributed by atoms with E-state index in [2.05, 4.69) is 10.3 Å². The van der Waals surface area contributed by atoms with Crippen molar-refractivity contribution in [2.75, 3.05) is 0 Å². The first kappa shape index (κ1) is 18.6. The molecule has 0 bridgehead atoms. The monoisotopic (exact) mass is 315 g/mol. The molecule has 1 aromatic heterocycles. The predicted octanol–water partition coefficient (Wildman–Crippen LogP) is 2.43. The lowest BCUT2D eigenvalue weighted by Crippen LogP contribution is -2.39. The van der Waals surface area contributed by atoms with Crippen LogP contribution in [0.25, 0.3) is 10.9 Å². The minimum atomic E-state index is -0.437. The molecule has 0 fully saturated rings. The number of nitrogens with zero attached hydrogens (tertiary/aromatic N) is 1. The molecule has 0 radical (unpaired) electrons. The Labute approximate surface area is 131 Å². The van der Waals surface area contributed by atoms with E-state index in [1.807, 2.05) is 37.3 Å². The summed E-state index contributed by atoms with van der Waals surface area (Å²) in [5.74, 6) is -0.120. The van der Waals surface area contributed by atoms with Gasteiger partial charge in [0.1, 0.15) is 0 Å². The number of carbonyl (C=O) groups excluding carboxylic acids is 1. The summed E-state index contributed by atoms with van der Waals surface area (Å²) in [5, 5.41) is 3.91. The van der Waals surface area contributed by atoms with E-state index >= 15 is 0 Å². The number of para-hydroxylation sites is 1. The van der Waals surface area contributed by atoms with Gasteiger partial charge in [-0.25, -0.2) is 0 Å². The van der Waals surface area contributed by atoms with Gasteiger partial charge in [-0.15, -0.1) is 24.8 Å². The van der Waals surface area contributed by atoms with Crippen LogP contribution in [0.3, 0.4) is 0 Å². The molecule has 0 aliphatic heterocycles. The van der Waals surface area contributed by atoms with E-state index < -0.39 is 6.04 Å². The van der Waals surface area contributed by atoms with Crippen LogP contribution in [0.15, 0.2) is 36.5 Å². The minimum Gasteiger partial charge on any atom is -0.351 e. The normalized spacial score (nSPS) is 11.1. The number of carbonyl (C=O) groups is 1. The molecule has 1 heterocycles. The fourth-order valence-corrected chi connectivity index (χ4v) is 1.81. The third kappa shape index (κ3) is 4.34. The Morgan fingerprint density at radius 2 is 2.00 bits per heavy atom. The second-order valence-corrected chi connectivity index (χ2v) is 4.22. The number of halogens is 2. The molecule has 0 saturated heterocycles. The second-order valence-electron chi connectivity index (χ2n) is 4.22. The Morgan fingerprint density at radius 1 is 1.30 bits per heavy atom. The zero-order valence-electron chi connectivity index (χ0n) is 11.2. The van der Waals surface area contributed by atoms with Crippen molar-refractivity contribution in [1.29, 1.82) is 0 Å². The summed E-state index contributed by atoms with van der Waals surface area (Å²) in [4.78, 5) is 16.0. The SMILES string of the molecule is CC[C@H](N)C(=O)NCc1cccc2cccnc12.Cl.Cl. The van der Waals surface area contributed by atoms with Crippen LogP contribution in [-0.4, -0.2) is 16.9 Å². The third-order valence-corrected chi connectivity index (χ3v) is 2.95. The molecule has 1 aromatic carbocycles. The highest BCUT2D eigenvalue weighted by atomic mass is 35.5. The van der Waals surface area contributed by atoms with Crippen molar-refractivity contribution in [3.05, 3.63) is 42.1 Å². The number of aromatic nitrogens is 1. The summed E-state index contributed by atoms with van der Waals surface area (Å²) in [7, 11) is 0. The van der Waals surface area contributed by atoms with Gasteiger partial charge in [-0.05, 0) is 18.1 Å². The first-order valence-electron chi connectivity index (χ1n) is 6.08. The Hall–Kier alpha value is -1.36. The number of rotatable bonds is 4. The van der Waals surface area contributed by atoms with Crippen LogP contribution < -0.4 is 11.1 Å². The van der Waals surface area contributed by atoms with Gasteiger partial charge in [-0.3, -0.25) is 9.78 Å². The smallest absolute Gasteiger partial charge is 0.237 e. The van der Waals surface area contributed by atoms with E-state index in [9.17, 15) is 4.79 Å². The van der Waals surface area contributed by atoms with Crippen molar-refractivity contribution < 1.29 is 4.79 Å². The van der Waals surface area contributed by atoms with Gasteiger partial charge in [-0.1, -0.05) is 31.2 Å². The molecule has 2 aromatic rings. The highest BCUT2D eigenvalue weighted by molar-refractivity contribution is 5.86. The molecule has 0 aliphatic rings. The van der Waals surface area contributed by atoms with E-state index in [1.165, 1.54) is 0 Å². The lowest BCUT2D eigenvalue weighted by molar-refractivity contribution is -0.122. The Morgan fingerprint density at radius 3 is 2.70 bits per heavy atom. The number of amides is 1. The minimum absolute atomic E-state index is 0.